The Morgan fingerprint density at radius 1 is 1.47 bits per heavy atom. The van der Waals surface area contributed by atoms with E-state index in [1.54, 1.807) is 19.9 Å². The van der Waals surface area contributed by atoms with Crippen LogP contribution in [0.5, 0.6) is 0 Å². The van der Waals surface area contributed by atoms with Crippen LogP contribution < -0.4 is 0 Å². The first kappa shape index (κ1) is 15.4. The summed E-state index contributed by atoms with van der Waals surface area (Å²) in [6.45, 7) is 3.40. The average molecular weight is 388 g/mol. The van der Waals surface area contributed by atoms with Gasteiger partial charge < -0.3 is 0 Å². The lowest BCUT2D eigenvalue weighted by Crippen LogP contribution is -2.49. The van der Waals surface area contributed by atoms with Crippen LogP contribution in [0.4, 0.5) is 0 Å². The summed E-state index contributed by atoms with van der Waals surface area (Å²) >= 11 is 4.63. The molecule has 9 heteroatoms. The van der Waals surface area contributed by atoms with E-state index >= 15 is 0 Å². The summed E-state index contributed by atoms with van der Waals surface area (Å²) in [5.74, 6) is -0.225. The third-order valence-corrected chi connectivity index (χ3v) is 8.66. The van der Waals surface area contributed by atoms with Crippen LogP contribution in [-0.2, 0) is 19.9 Å². The molecular weight excluding hydrogens is 374 g/mol. The number of sulfone groups is 1. The average Bonchev–Trinajstić information content (AvgIpc) is 2.56. The lowest BCUT2D eigenvalue weighted by molar-refractivity contribution is 0.357. The van der Waals surface area contributed by atoms with Gasteiger partial charge in [-0.05, 0) is 35.8 Å². The number of aryl methyl sites for hydroxylation is 1. The molecular formula is C10H14BrNO4S3. The first-order valence-electron chi connectivity index (χ1n) is 5.62. The van der Waals surface area contributed by atoms with Crippen molar-refractivity contribution in [3.8, 4) is 0 Å². The van der Waals surface area contributed by atoms with E-state index in [-0.39, 0.29) is 22.9 Å². The van der Waals surface area contributed by atoms with Crippen LogP contribution in [-0.4, -0.2) is 45.2 Å². The molecule has 1 aromatic heterocycles. The minimum atomic E-state index is -3.62. The summed E-state index contributed by atoms with van der Waals surface area (Å²) in [5.41, 5.74) is 0. The molecule has 1 saturated heterocycles. The number of rotatable bonds is 2. The van der Waals surface area contributed by atoms with Crippen LogP contribution in [0.3, 0.4) is 0 Å². The quantitative estimate of drug-likeness (QED) is 0.772. The molecule has 5 nitrogen and oxygen atoms in total. The molecule has 1 aliphatic heterocycles. The number of halogens is 1. The van der Waals surface area contributed by atoms with Gasteiger partial charge in [0, 0.05) is 17.5 Å². The summed E-state index contributed by atoms with van der Waals surface area (Å²) in [4.78, 5) is 0.961. The van der Waals surface area contributed by atoms with Gasteiger partial charge in [0.2, 0.25) is 10.0 Å². The molecule has 0 radical (unpaired) electrons. The minimum absolute atomic E-state index is 0.0265. The Balaban J connectivity index is 2.39. The first-order valence-corrected chi connectivity index (χ1v) is 10.5. The molecule has 1 atom stereocenters. The maximum atomic E-state index is 12.6. The molecule has 0 bridgehead atoms. The maximum Gasteiger partial charge on any atom is 0.244 e. The number of hydrogen-bond acceptors (Lipinski definition) is 5. The highest BCUT2D eigenvalue weighted by molar-refractivity contribution is 9.11. The van der Waals surface area contributed by atoms with Crippen LogP contribution in [0.2, 0.25) is 0 Å². The van der Waals surface area contributed by atoms with Gasteiger partial charge in [0.25, 0.3) is 0 Å². The van der Waals surface area contributed by atoms with Gasteiger partial charge >= 0.3 is 0 Å². The van der Waals surface area contributed by atoms with Crippen molar-refractivity contribution >= 4 is 47.1 Å². The molecule has 0 aromatic carbocycles. The predicted molar refractivity (Wildman–Crippen MR) is 78.8 cm³/mol. The van der Waals surface area contributed by atoms with Crippen molar-refractivity contribution in [3.63, 3.8) is 0 Å². The molecule has 19 heavy (non-hydrogen) atoms. The second-order valence-corrected chi connectivity index (χ2v) is 11.3. The molecule has 1 unspecified atom stereocenters. The summed E-state index contributed by atoms with van der Waals surface area (Å²) in [6, 6.07) is 1.05. The van der Waals surface area contributed by atoms with Gasteiger partial charge in [-0.3, -0.25) is 0 Å². The van der Waals surface area contributed by atoms with Crippen molar-refractivity contribution in [3.05, 3.63) is 14.7 Å². The summed E-state index contributed by atoms with van der Waals surface area (Å²) < 4.78 is 50.2. The second-order valence-electron chi connectivity index (χ2n) is 4.55. The van der Waals surface area contributed by atoms with Gasteiger partial charge in [-0.2, -0.15) is 4.31 Å². The van der Waals surface area contributed by atoms with Crippen LogP contribution >= 0.6 is 27.3 Å². The van der Waals surface area contributed by atoms with E-state index in [0.717, 1.165) is 3.79 Å². The molecule has 108 valence electrons. The van der Waals surface area contributed by atoms with Crippen LogP contribution in [0.15, 0.2) is 14.7 Å². The number of thiophene rings is 1. The van der Waals surface area contributed by atoms with Gasteiger partial charge in [-0.15, -0.1) is 11.3 Å². The Bertz CT molecular complexity index is 692. The fourth-order valence-electron chi connectivity index (χ4n) is 2.15. The van der Waals surface area contributed by atoms with Crippen molar-refractivity contribution < 1.29 is 16.8 Å². The van der Waals surface area contributed by atoms with E-state index in [2.05, 4.69) is 15.9 Å². The SMILES string of the molecule is Cc1sc(Br)cc1S(=O)(=O)N1CCS(=O)(=O)CC1C. The van der Waals surface area contributed by atoms with Crippen LogP contribution in [0.25, 0.3) is 0 Å². The molecule has 1 aliphatic rings. The van der Waals surface area contributed by atoms with Gasteiger partial charge in [-0.1, -0.05) is 0 Å². The first-order chi connectivity index (χ1) is 8.63. The Hall–Kier alpha value is 0.0400. The fourth-order valence-corrected chi connectivity index (χ4v) is 7.94. The second kappa shape index (κ2) is 5.10. The standard InChI is InChI=1S/C10H14BrNO4S3/c1-7-6-18(13,14)4-3-12(7)19(15,16)9-5-10(11)17-8(9)2/h5,7H,3-4,6H2,1-2H3. The Labute approximate surface area is 125 Å². The molecule has 0 N–H and O–H groups in total. The van der Waals surface area contributed by atoms with Gasteiger partial charge in [0.15, 0.2) is 9.84 Å². The molecule has 0 saturated carbocycles. The highest BCUT2D eigenvalue weighted by Crippen LogP contribution is 2.32. The van der Waals surface area contributed by atoms with Crippen molar-refractivity contribution in [1.82, 2.24) is 4.31 Å². The summed E-state index contributed by atoms with van der Waals surface area (Å²) in [6.07, 6.45) is 0. The van der Waals surface area contributed by atoms with E-state index in [1.807, 2.05) is 0 Å². The number of sulfonamides is 1. The third-order valence-electron chi connectivity index (χ3n) is 3.04. The summed E-state index contributed by atoms with van der Waals surface area (Å²) in [7, 11) is -6.75. The van der Waals surface area contributed by atoms with Crippen LogP contribution in [0, 0.1) is 6.92 Å². The Morgan fingerprint density at radius 3 is 2.58 bits per heavy atom. The number of hydrogen-bond donors (Lipinski definition) is 0. The number of nitrogens with zero attached hydrogens (tertiary/aromatic N) is 1. The maximum absolute atomic E-state index is 12.6. The summed E-state index contributed by atoms with van der Waals surface area (Å²) in [5, 5.41) is 0. The zero-order valence-corrected chi connectivity index (χ0v) is 14.5. The predicted octanol–water partition coefficient (Wildman–Crippen LogP) is 1.63. The van der Waals surface area contributed by atoms with Crippen molar-refractivity contribution in [2.24, 2.45) is 0 Å². The zero-order valence-electron chi connectivity index (χ0n) is 10.5. The monoisotopic (exact) mass is 387 g/mol. The fraction of sp³-hybridized carbons (Fsp3) is 0.600. The van der Waals surface area contributed by atoms with E-state index in [0.29, 0.717) is 4.88 Å². The highest BCUT2D eigenvalue weighted by Gasteiger charge is 2.37. The Morgan fingerprint density at radius 2 is 2.11 bits per heavy atom. The third kappa shape index (κ3) is 3.05. The van der Waals surface area contributed by atoms with Crippen molar-refractivity contribution in [2.45, 2.75) is 24.8 Å². The van der Waals surface area contributed by atoms with E-state index in [4.69, 9.17) is 0 Å². The smallest absolute Gasteiger partial charge is 0.229 e. The molecule has 1 fully saturated rings. The van der Waals surface area contributed by atoms with E-state index in [9.17, 15) is 16.8 Å². The Kier molecular flexibility index (Phi) is 4.14. The molecule has 0 spiro atoms. The normalized spacial score (nSPS) is 24.5. The van der Waals surface area contributed by atoms with E-state index < -0.39 is 25.9 Å². The van der Waals surface area contributed by atoms with E-state index in [1.165, 1.54) is 15.6 Å². The van der Waals surface area contributed by atoms with Crippen LogP contribution in [0.1, 0.15) is 11.8 Å². The van der Waals surface area contributed by atoms with Crippen molar-refractivity contribution in [1.29, 1.82) is 0 Å². The molecule has 2 rings (SSSR count). The van der Waals surface area contributed by atoms with Gasteiger partial charge in [-0.25, -0.2) is 16.8 Å². The largest absolute Gasteiger partial charge is 0.244 e. The highest BCUT2D eigenvalue weighted by atomic mass is 79.9. The van der Waals surface area contributed by atoms with Crippen molar-refractivity contribution in [2.75, 3.05) is 18.1 Å². The molecule has 0 amide bonds. The lowest BCUT2D eigenvalue weighted by Gasteiger charge is -2.31. The van der Waals surface area contributed by atoms with Gasteiger partial charge in [0.1, 0.15) is 0 Å². The lowest BCUT2D eigenvalue weighted by atomic mass is 10.4. The topological polar surface area (TPSA) is 71.5 Å². The van der Waals surface area contributed by atoms with Gasteiger partial charge in [0.05, 0.1) is 20.2 Å². The molecule has 1 aromatic rings. The molecule has 0 aliphatic carbocycles. The zero-order chi connectivity index (χ0) is 14.4. The minimum Gasteiger partial charge on any atom is -0.229 e. The molecule has 2 heterocycles.